The number of benzene rings is 2. The SMILES string of the molecule is CNc1ccc(N(C)Cc2ccccc2F)cc1. The van der Waals surface area contributed by atoms with Gasteiger partial charge in [0.15, 0.2) is 0 Å². The van der Waals surface area contributed by atoms with Gasteiger partial charge in [-0.1, -0.05) is 18.2 Å². The van der Waals surface area contributed by atoms with Gasteiger partial charge in [-0.2, -0.15) is 0 Å². The number of anilines is 2. The van der Waals surface area contributed by atoms with E-state index in [-0.39, 0.29) is 5.82 Å². The summed E-state index contributed by atoms with van der Waals surface area (Å²) in [5.74, 6) is -0.156. The number of halogens is 1. The van der Waals surface area contributed by atoms with Crippen molar-refractivity contribution >= 4 is 11.4 Å². The molecule has 0 amide bonds. The maximum absolute atomic E-state index is 13.5. The standard InChI is InChI=1S/C15H17FN2/c1-17-13-7-9-14(10-8-13)18(2)11-12-5-3-4-6-15(12)16/h3-10,17H,11H2,1-2H3. The molecule has 2 nitrogen and oxygen atoms in total. The van der Waals surface area contributed by atoms with Gasteiger partial charge in [0, 0.05) is 37.6 Å². The van der Waals surface area contributed by atoms with Gasteiger partial charge < -0.3 is 10.2 Å². The number of hydrogen-bond donors (Lipinski definition) is 1. The molecule has 0 aliphatic rings. The molecule has 94 valence electrons. The second-order valence-corrected chi connectivity index (χ2v) is 4.24. The lowest BCUT2D eigenvalue weighted by Crippen LogP contribution is -2.17. The summed E-state index contributed by atoms with van der Waals surface area (Å²) in [6.07, 6.45) is 0. The van der Waals surface area contributed by atoms with Crippen molar-refractivity contribution < 1.29 is 4.39 Å². The van der Waals surface area contributed by atoms with Gasteiger partial charge in [0.1, 0.15) is 5.82 Å². The van der Waals surface area contributed by atoms with Gasteiger partial charge >= 0.3 is 0 Å². The average Bonchev–Trinajstić information content (AvgIpc) is 2.41. The lowest BCUT2D eigenvalue weighted by atomic mass is 10.2. The van der Waals surface area contributed by atoms with Gasteiger partial charge in [-0.25, -0.2) is 4.39 Å². The van der Waals surface area contributed by atoms with Crippen molar-refractivity contribution in [2.45, 2.75) is 6.54 Å². The van der Waals surface area contributed by atoms with Gasteiger partial charge in [-0.05, 0) is 30.3 Å². The first-order chi connectivity index (χ1) is 8.70. The van der Waals surface area contributed by atoms with Crippen LogP contribution in [0.1, 0.15) is 5.56 Å². The van der Waals surface area contributed by atoms with E-state index in [9.17, 15) is 4.39 Å². The van der Waals surface area contributed by atoms with E-state index >= 15 is 0 Å². The summed E-state index contributed by atoms with van der Waals surface area (Å²) in [4.78, 5) is 2.03. The molecule has 18 heavy (non-hydrogen) atoms. The summed E-state index contributed by atoms with van der Waals surface area (Å²) in [7, 11) is 3.85. The first-order valence-corrected chi connectivity index (χ1v) is 5.93. The zero-order valence-corrected chi connectivity index (χ0v) is 10.7. The van der Waals surface area contributed by atoms with E-state index in [1.165, 1.54) is 6.07 Å². The molecule has 0 bridgehead atoms. The molecule has 0 saturated carbocycles. The minimum absolute atomic E-state index is 0.156. The summed E-state index contributed by atoms with van der Waals surface area (Å²) < 4.78 is 13.5. The Morgan fingerprint density at radius 3 is 2.33 bits per heavy atom. The summed E-state index contributed by atoms with van der Waals surface area (Å²) in [6.45, 7) is 0.561. The molecule has 3 heteroatoms. The number of nitrogens with one attached hydrogen (secondary N) is 1. The van der Waals surface area contributed by atoms with Crippen LogP contribution in [0.2, 0.25) is 0 Å². The van der Waals surface area contributed by atoms with E-state index in [1.54, 1.807) is 6.07 Å². The Bertz CT molecular complexity index is 508. The van der Waals surface area contributed by atoms with Crippen LogP contribution < -0.4 is 10.2 Å². The molecule has 0 spiro atoms. The molecule has 0 heterocycles. The van der Waals surface area contributed by atoms with Gasteiger partial charge in [-0.15, -0.1) is 0 Å². The van der Waals surface area contributed by atoms with Crippen LogP contribution in [0.15, 0.2) is 48.5 Å². The fourth-order valence-corrected chi connectivity index (χ4v) is 1.86. The van der Waals surface area contributed by atoms with Crippen LogP contribution in [0, 0.1) is 5.82 Å². The highest BCUT2D eigenvalue weighted by molar-refractivity contribution is 5.54. The van der Waals surface area contributed by atoms with Crippen LogP contribution in [-0.4, -0.2) is 14.1 Å². The lowest BCUT2D eigenvalue weighted by Gasteiger charge is -2.20. The molecule has 0 unspecified atom stereocenters. The fourth-order valence-electron chi connectivity index (χ4n) is 1.86. The molecule has 0 aliphatic carbocycles. The molecule has 0 fully saturated rings. The molecule has 0 aromatic heterocycles. The van der Waals surface area contributed by atoms with Gasteiger partial charge in [-0.3, -0.25) is 0 Å². The van der Waals surface area contributed by atoms with Crippen LogP contribution in [0.5, 0.6) is 0 Å². The molecule has 1 N–H and O–H groups in total. The fraction of sp³-hybridized carbons (Fsp3) is 0.200. The van der Waals surface area contributed by atoms with Crippen LogP contribution in [-0.2, 0) is 6.54 Å². The predicted molar refractivity (Wildman–Crippen MR) is 74.5 cm³/mol. The van der Waals surface area contributed by atoms with Gasteiger partial charge in [0.25, 0.3) is 0 Å². The van der Waals surface area contributed by atoms with E-state index in [4.69, 9.17) is 0 Å². The van der Waals surface area contributed by atoms with Crippen LogP contribution in [0.25, 0.3) is 0 Å². The van der Waals surface area contributed by atoms with E-state index < -0.39 is 0 Å². The van der Waals surface area contributed by atoms with Crippen LogP contribution in [0.4, 0.5) is 15.8 Å². The summed E-state index contributed by atoms with van der Waals surface area (Å²) in [5.41, 5.74) is 2.84. The lowest BCUT2D eigenvalue weighted by molar-refractivity contribution is 0.608. The number of rotatable bonds is 4. The molecular weight excluding hydrogens is 227 g/mol. The second-order valence-electron chi connectivity index (χ2n) is 4.24. The Kier molecular flexibility index (Phi) is 3.82. The molecule has 0 aliphatic heterocycles. The Balaban J connectivity index is 2.11. The molecule has 2 aromatic carbocycles. The molecule has 0 atom stereocenters. The first kappa shape index (κ1) is 12.4. The smallest absolute Gasteiger partial charge is 0.128 e. The molecule has 0 saturated heterocycles. The van der Waals surface area contributed by atoms with Gasteiger partial charge in [0.05, 0.1) is 0 Å². The average molecular weight is 244 g/mol. The Hall–Kier alpha value is -2.03. The monoisotopic (exact) mass is 244 g/mol. The van der Waals surface area contributed by atoms with Crippen molar-refractivity contribution in [1.82, 2.24) is 0 Å². The van der Waals surface area contributed by atoms with Crippen LogP contribution >= 0.6 is 0 Å². The molecular formula is C15H17FN2. The molecule has 2 aromatic rings. The zero-order chi connectivity index (χ0) is 13.0. The maximum Gasteiger partial charge on any atom is 0.128 e. The minimum Gasteiger partial charge on any atom is -0.388 e. The third kappa shape index (κ3) is 2.80. The van der Waals surface area contributed by atoms with Crippen molar-refractivity contribution in [2.24, 2.45) is 0 Å². The third-order valence-corrected chi connectivity index (χ3v) is 2.96. The third-order valence-electron chi connectivity index (χ3n) is 2.96. The largest absolute Gasteiger partial charge is 0.388 e. The van der Waals surface area contributed by atoms with Crippen molar-refractivity contribution in [3.63, 3.8) is 0 Å². The van der Waals surface area contributed by atoms with E-state index in [0.717, 1.165) is 11.4 Å². The normalized spacial score (nSPS) is 10.2. The Morgan fingerprint density at radius 2 is 1.72 bits per heavy atom. The van der Waals surface area contributed by atoms with Crippen molar-refractivity contribution in [3.8, 4) is 0 Å². The maximum atomic E-state index is 13.5. The first-order valence-electron chi connectivity index (χ1n) is 5.93. The summed E-state index contributed by atoms with van der Waals surface area (Å²) in [6, 6.07) is 14.9. The Morgan fingerprint density at radius 1 is 1.06 bits per heavy atom. The summed E-state index contributed by atoms with van der Waals surface area (Å²) >= 11 is 0. The molecule has 0 radical (unpaired) electrons. The van der Waals surface area contributed by atoms with Crippen molar-refractivity contribution in [2.75, 3.05) is 24.3 Å². The quantitative estimate of drug-likeness (QED) is 0.885. The van der Waals surface area contributed by atoms with Crippen LogP contribution in [0.3, 0.4) is 0 Å². The van der Waals surface area contributed by atoms with Crippen molar-refractivity contribution in [1.29, 1.82) is 0 Å². The minimum atomic E-state index is -0.156. The highest BCUT2D eigenvalue weighted by Gasteiger charge is 2.05. The highest BCUT2D eigenvalue weighted by Crippen LogP contribution is 2.19. The number of nitrogens with zero attached hydrogens (tertiary/aromatic N) is 1. The van der Waals surface area contributed by atoms with Gasteiger partial charge in [0.2, 0.25) is 0 Å². The number of hydrogen-bond acceptors (Lipinski definition) is 2. The predicted octanol–water partition coefficient (Wildman–Crippen LogP) is 3.50. The van der Waals surface area contributed by atoms with E-state index in [1.807, 2.05) is 55.4 Å². The highest BCUT2D eigenvalue weighted by atomic mass is 19.1. The zero-order valence-electron chi connectivity index (χ0n) is 10.7. The summed E-state index contributed by atoms with van der Waals surface area (Å²) in [5, 5.41) is 3.07. The van der Waals surface area contributed by atoms with E-state index in [0.29, 0.717) is 12.1 Å². The second kappa shape index (κ2) is 5.54. The van der Waals surface area contributed by atoms with E-state index in [2.05, 4.69) is 5.32 Å². The molecule has 2 rings (SSSR count). The topological polar surface area (TPSA) is 15.3 Å². The van der Waals surface area contributed by atoms with Crippen molar-refractivity contribution in [3.05, 3.63) is 59.9 Å². The Labute approximate surface area is 107 Å².